The molecule has 1 aliphatic rings. The van der Waals surface area contributed by atoms with Crippen molar-refractivity contribution in [3.63, 3.8) is 0 Å². The van der Waals surface area contributed by atoms with E-state index in [9.17, 15) is 22.8 Å². The van der Waals surface area contributed by atoms with Crippen molar-refractivity contribution in [2.24, 2.45) is 0 Å². The number of halogens is 4. The Kier molecular flexibility index (Phi) is 3.38. The molecule has 0 atom stereocenters. The topological polar surface area (TPSA) is 47.0 Å². The van der Waals surface area contributed by atoms with Crippen LogP contribution in [0.3, 0.4) is 0 Å². The number of carbonyl (C=O) groups excluding carboxylic acids is 2. The van der Waals surface area contributed by atoms with E-state index in [0.29, 0.717) is 25.3 Å². The summed E-state index contributed by atoms with van der Waals surface area (Å²) in [5.74, 6) is -0.350. The Morgan fingerprint density at radius 3 is 2.53 bits per heavy atom. The predicted octanol–water partition coefficient (Wildman–Crippen LogP) is 2.94. The van der Waals surface area contributed by atoms with Crippen molar-refractivity contribution in [3.05, 3.63) is 28.5 Å². The standard InChI is InChI=1S/C12H9ClF3NO2/c13-8-5-7(12(14,15)16)6-17-10(8)11(2-3-11)9(19)1-4-18/h4-6H,1-3H2. The Bertz CT molecular complexity index is 538. The molecule has 0 amide bonds. The van der Waals surface area contributed by atoms with Gasteiger partial charge in [-0.15, -0.1) is 0 Å². The monoisotopic (exact) mass is 291 g/mol. The van der Waals surface area contributed by atoms with Gasteiger partial charge in [0.05, 0.1) is 28.1 Å². The average molecular weight is 292 g/mol. The lowest BCUT2D eigenvalue weighted by molar-refractivity contribution is -0.137. The van der Waals surface area contributed by atoms with Gasteiger partial charge in [0.2, 0.25) is 0 Å². The van der Waals surface area contributed by atoms with E-state index in [-0.39, 0.29) is 22.9 Å². The van der Waals surface area contributed by atoms with Crippen molar-refractivity contribution < 1.29 is 22.8 Å². The number of alkyl halides is 3. The van der Waals surface area contributed by atoms with E-state index in [2.05, 4.69) is 4.98 Å². The van der Waals surface area contributed by atoms with Gasteiger partial charge in [0, 0.05) is 6.20 Å². The van der Waals surface area contributed by atoms with Crippen molar-refractivity contribution in [2.45, 2.75) is 30.9 Å². The van der Waals surface area contributed by atoms with Crippen molar-refractivity contribution in [1.29, 1.82) is 0 Å². The van der Waals surface area contributed by atoms with Gasteiger partial charge in [-0.05, 0) is 18.9 Å². The molecule has 7 heteroatoms. The molecular formula is C12H9ClF3NO2. The summed E-state index contributed by atoms with van der Waals surface area (Å²) in [6, 6.07) is 0.762. The Hall–Kier alpha value is -1.43. The van der Waals surface area contributed by atoms with Crippen LogP contribution in [0, 0.1) is 0 Å². The van der Waals surface area contributed by atoms with E-state index in [1.165, 1.54) is 0 Å². The number of ketones is 1. The summed E-state index contributed by atoms with van der Waals surface area (Å²) < 4.78 is 37.4. The molecule has 1 aliphatic carbocycles. The molecule has 0 saturated heterocycles. The van der Waals surface area contributed by atoms with Gasteiger partial charge in [-0.25, -0.2) is 0 Å². The zero-order chi connectivity index (χ0) is 14.3. The fourth-order valence-electron chi connectivity index (χ4n) is 1.99. The molecule has 1 aromatic rings. The van der Waals surface area contributed by atoms with Gasteiger partial charge in [-0.3, -0.25) is 9.78 Å². The lowest BCUT2D eigenvalue weighted by atomic mass is 9.94. The number of hydrogen-bond acceptors (Lipinski definition) is 3. The molecule has 0 radical (unpaired) electrons. The van der Waals surface area contributed by atoms with Gasteiger partial charge in [-0.2, -0.15) is 13.2 Å². The first-order valence-corrected chi connectivity index (χ1v) is 5.89. The highest BCUT2D eigenvalue weighted by atomic mass is 35.5. The van der Waals surface area contributed by atoms with Gasteiger partial charge < -0.3 is 4.79 Å². The maximum absolute atomic E-state index is 12.5. The van der Waals surface area contributed by atoms with Gasteiger partial charge in [0.1, 0.15) is 6.29 Å². The molecule has 2 rings (SSSR count). The van der Waals surface area contributed by atoms with Gasteiger partial charge >= 0.3 is 6.18 Å². The average Bonchev–Trinajstić information content (AvgIpc) is 3.09. The molecule has 0 spiro atoms. The molecule has 1 saturated carbocycles. The number of aromatic nitrogens is 1. The molecule has 0 unspecified atom stereocenters. The van der Waals surface area contributed by atoms with Crippen molar-refractivity contribution in [1.82, 2.24) is 4.98 Å². The number of rotatable bonds is 4. The number of Topliss-reactive ketones (excluding diaryl/α,β-unsaturated/α-hetero) is 1. The molecule has 3 nitrogen and oxygen atoms in total. The second kappa shape index (κ2) is 4.59. The fourth-order valence-corrected chi connectivity index (χ4v) is 2.34. The molecule has 1 fully saturated rings. The number of nitrogens with zero attached hydrogens (tertiary/aromatic N) is 1. The Balaban J connectivity index is 2.37. The summed E-state index contributed by atoms with van der Waals surface area (Å²) in [6.45, 7) is 0. The van der Waals surface area contributed by atoms with Crippen LogP contribution in [0.1, 0.15) is 30.5 Å². The zero-order valence-electron chi connectivity index (χ0n) is 9.63. The van der Waals surface area contributed by atoms with Crippen molar-refractivity contribution in [3.8, 4) is 0 Å². The molecule has 102 valence electrons. The summed E-state index contributed by atoms with van der Waals surface area (Å²) in [5, 5.41) is -0.188. The SMILES string of the molecule is O=CCC(=O)C1(c2ncc(C(F)(F)F)cc2Cl)CC1. The maximum atomic E-state index is 12.5. The van der Waals surface area contributed by atoms with Crippen molar-refractivity contribution in [2.75, 3.05) is 0 Å². The third-order valence-corrected chi connectivity index (χ3v) is 3.46. The van der Waals surface area contributed by atoms with E-state index in [1.807, 2.05) is 0 Å². The van der Waals surface area contributed by atoms with E-state index in [4.69, 9.17) is 11.6 Å². The molecule has 0 N–H and O–H groups in total. The van der Waals surface area contributed by atoms with Crippen LogP contribution >= 0.6 is 11.6 Å². The van der Waals surface area contributed by atoms with Crippen LogP contribution in [0.4, 0.5) is 13.2 Å². The minimum atomic E-state index is -4.53. The molecular weight excluding hydrogens is 283 g/mol. The van der Waals surface area contributed by atoms with Gasteiger partial charge in [0.25, 0.3) is 0 Å². The Morgan fingerprint density at radius 2 is 2.11 bits per heavy atom. The molecule has 1 heterocycles. The van der Waals surface area contributed by atoms with Crippen molar-refractivity contribution >= 4 is 23.7 Å². The largest absolute Gasteiger partial charge is 0.417 e. The Morgan fingerprint density at radius 1 is 1.47 bits per heavy atom. The quantitative estimate of drug-likeness (QED) is 0.633. The second-order valence-corrected chi connectivity index (χ2v) is 4.84. The smallest absolute Gasteiger partial charge is 0.303 e. The number of pyridine rings is 1. The van der Waals surface area contributed by atoms with Crippen LogP contribution in [-0.2, 0) is 21.2 Å². The van der Waals surface area contributed by atoms with Crippen LogP contribution in [0.25, 0.3) is 0 Å². The third kappa shape index (κ3) is 2.49. The molecule has 1 aromatic heterocycles. The molecule has 0 aliphatic heterocycles. The summed E-state index contributed by atoms with van der Waals surface area (Å²) in [7, 11) is 0. The molecule has 19 heavy (non-hydrogen) atoms. The zero-order valence-corrected chi connectivity index (χ0v) is 10.4. The maximum Gasteiger partial charge on any atom is 0.417 e. The third-order valence-electron chi connectivity index (χ3n) is 3.17. The summed E-state index contributed by atoms with van der Waals surface area (Å²) in [6.07, 6.45) is -2.76. The second-order valence-electron chi connectivity index (χ2n) is 4.43. The highest BCUT2D eigenvalue weighted by molar-refractivity contribution is 6.31. The number of carbonyl (C=O) groups is 2. The molecule has 0 bridgehead atoms. The summed E-state index contributed by atoms with van der Waals surface area (Å²) >= 11 is 5.80. The summed E-state index contributed by atoms with van der Waals surface area (Å²) in [5.41, 5.74) is -1.80. The van der Waals surface area contributed by atoms with Crippen LogP contribution in [0.5, 0.6) is 0 Å². The first kappa shape index (κ1) is 14.0. The highest BCUT2D eigenvalue weighted by Gasteiger charge is 2.53. The van der Waals surface area contributed by atoms with E-state index < -0.39 is 17.2 Å². The highest BCUT2D eigenvalue weighted by Crippen LogP contribution is 2.51. The normalized spacial score (nSPS) is 17.1. The first-order chi connectivity index (χ1) is 8.81. The van der Waals surface area contributed by atoms with E-state index >= 15 is 0 Å². The predicted molar refractivity (Wildman–Crippen MR) is 60.8 cm³/mol. The van der Waals surface area contributed by atoms with E-state index in [1.54, 1.807) is 0 Å². The van der Waals surface area contributed by atoms with Gasteiger partial charge in [-0.1, -0.05) is 11.6 Å². The minimum absolute atomic E-state index is 0.133. The van der Waals surface area contributed by atoms with Crippen LogP contribution in [-0.4, -0.2) is 17.1 Å². The number of aldehydes is 1. The minimum Gasteiger partial charge on any atom is -0.303 e. The number of hydrogen-bond donors (Lipinski definition) is 0. The summed E-state index contributed by atoms with van der Waals surface area (Å²) in [4.78, 5) is 25.9. The van der Waals surface area contributed by atoms with Gasteiger partial charge in [0.15, 0.2) is 5.78 Å². The van der Waals surface area contributed by atoms with Crippen LogP contribution in [0.2, 0.25) is 5.02 Å². The molecule has 0 aromatic carbocycles. The fraction of sp³-hybridized carbons (Fsp3) is 0.417. The Labute approximate surface area is 111 Å². The van der Waals surface area contributed by atoms with Crippen LogP contribution in [0.15, 0.2) is 12.3 Å². The lowest BCUT2D eigenvalue weighted by Crippen LogP contribution is -2.23. The lowest BCUT2D eigenvalue weighted by Gasteiger charge is -2.15. The van der Waals surface area contributed by atoms with Crippen LogP contribution < -0.4 is 0 Å². The first-order valence-electron chi connectivity index (χ1n) is 5.51. The van der Waals surface area contributed by atoms with E-state index in [0.717, 1.165) is 6.07 Å².